The molecule has 4 nitrogen and oxygen atoms in total. The van der Waals surface area contributed by atoms with Gasteiger partial charge in [-0.1, -0.05) is 30.3 Å². The van der Waals surface area contributed by atoms with Gasteiger partial charge in [0.25, 0.3) is 0 Å². The average Bonchev–Trinajstić information content (AvgIpc) is 2.30. The summed E-state index contributed by atoms with van der Waals surface area (Å²) < 4.78 is 11.9. The zero-order chi connectivity index (χ0) is 12.7. The zero-order valence-corrected chi connectivity index (χ0v) is 10.0. The Morgan fingerprint density at radius 1 is 1.41 bits per heavy atom. The molecule has 1 N–H and O–H groups in total. The van der Waals surface area contributed by atoms with Gasteiger partial charge in [0.15, 0.2) is 5.25 Å². The molecule has 0 saturated heterocycles. The molecule has 0 radical (unpaired) electrons. The van der Waals surface area contributed by atoms with Crippen molar-refractivity contribution in [2.24, 2.45) is 0 Å². The summed E-state index contributed by atoms with van der Waals surface area (Å²) in [5.41, 5.74) is 0.537. The molecule has 90 valence electrons. The Kier molecular flexibility index (Phi) is 5.37. The van der Waals surface area contributed by atoms with Crippen LogP contribution in [0.2, 0.25) is 0 Å². The maximum atomic E-state index is 11.9. The molecule has 2 atom stereocenters. The van der Waals surface area contributed by atoms with Gasteiger partial charge in [-0.2, -0.15) is 5.26 Å². The summed E-state index contributed by atoms with van der Waals surface area (Å²) in [6, 6.07) is 10.5. The normalized spacial score (nSPS) is 13.6. The minimum absolute atomic E-state index is 0.236. The van der Waals surface area contributed by atoms with E-state index in [-0.39, 0.29) is 5.75 Å². The molecule has 0 amide bonds. The summed E-state index contributed by atoms with van der Waals surface area (Å²) >= 11 is 0. The summed E-state index contributed by atoms with van der Waals surface area (Å²) in [5, 5.41) is 16.5. The summed E-state index contributed by atoms with van der Waals surface area (Å²) in [6.07, 6.45) is 0.757. The van der Waals surface area contributed by atoms with Gasteiger partial charge in [0, 0.05) is 23.0 Å². The van der Waals surface area contributed by atoms with E-state index in [1.807, 2.05) is 6.07 Å². The number of rotatable bonds is 6. The van der Waals surface area contributed by atoms with Gasteiger partial charge < -0.3 is 5.11 Å². The van der Waals surface area contributed by atoms with Gasteiger partial charge in [0.1, 0.15) is 0 Å². The lowest BCUT2D eigenvalue weighted by atomic mass is 10.1. The van der Waals surface area contributed by atoms with Gasteiger partial charge in [-0.15, -0.1) is 0 Å². The van der Waals surface area contributed by atoms with E-state index >= 15 is 0 Å². The predicted molar refractivity (Wildman–Crippen MR) is 64.7 cm³/mol. The highest BCUT2D eigenvalue weighted by Gasteiger charge is 2.25. The number of carbonyl (C=O) groups is 1. The minimum Gasteiger partial charge on any atom is -0.480 e. The Hall–Kier alpha value is -1.67. The molecule has 0 aliphatic carbocycles. The van der Waals surface area contributed by atoms with Crippen LogP contribution in [-0.2, 0) is 15.6 Å². The van der Waals surface area contributed by atoms with Gasteiger partial charge in [-0.3, -0.25) is 9.00 Å². The first-order valence-electron chi connectivity index (χ1n) is 5.18. The fraction of sp³-hybridized carbons (Fsp3) is 0.333. The number of hydrogen-bond donors (Lipinski definition) is 1. The Labute approximate surface area is 102 Å². The van der Waals surface area contributed by atoms with Gasteiger partial charge in [-0.25, -0.2) is 0 Å². The topological polar surface area (TPSA) is 78.2 Å². The SMILES string of the molecule is N#CCCCS(=O)C(C(=O)O)c1ccccc1. The molecule has 0 aliphatic heterocycles. The first kappa shape index (κ1) is 13.4. The molecule has 1 aromatic carbocycles. The van der Waals surface area contributed by atoms with Crippen molar-refractivity contribution in [2.75, 3.05) is 5.75 Å². The van der Waals surface area contributed by atoms with Crippen LogP contribution in [-0.4, -0.2) is 21.0 Å². The van der Waals surface area contributed by atoms with E-state index in [9.17, 15) is 9.00 Å². The highest BCUT2D eigenvalue weighted by molar-refractivity contribution is 7.86. The van der Waals surface area contributed by atoms with Crippen LogP contribution in [0.1, 0.15) is 23.7 Å². The third kappa shape index (κ3) is 4.00. The monoisotopic (exact) mass is 251 g/mol. The summed E-state index contributed by atoms with van der Waals surface area (Å²) in [5.74, 6) is -0.856. The van der Waals surface area contributed by atoms with Crippen molar-refractivity contribution in [3.05, 3.63) is 35.9 Å². The second-order valence-electron chi connectivity index (χ2n) is 3.48. The van der Waals surface area contributed by atoms with Crippen LogP contribution >= 0.6 is 0 Å². The van der Waals surface area contributed by atoms with Crippen LogP contribution in [0.25, 0.3) is 0 Å². The van der Waals surface area contributed by atoms with E-state index in [4.69, 9.17) is 10.4 Å². The molecule has 2 unspecified atom stereocenters. The fourth-order valence-corrected chi connectivity index (χ4v) is 2.80. The molecule has 17 heavy (non-hydrogen) atoms. The van der Waals surface area contributed by atoms with Crippen molar-refractivity contribution in [3.8, 4) is 6.07 Å². The molecule has 0 heterocycles. The molecule has 0 aromatic heterocycles. The first-order valence-corrected chi connectivity index (χ1v) is 6.57. The van der Waals surface area contributed by atoms with E-state index in [1.165, 1.54) is 0 Å². The Morgan fingerprint density at radius 2 is 2.06 bits per heavy atom. The summed E-state index contributed by atoms with van der Waals surface area (Å²) in [6.45, 7) is 0. The van der Waals surface area contributed by atoms with Crippen LogP contribution in [0.4, 0.5) is 0 Å². The second kappa shape index (κ2) is 6.81. The smallest absolute Gasteiger partial charge is 0.323 e. The van der Waals surface area contributed by atoms with Crippen LogP contribution in [0.15, 0.2) is 30.3 Å². The number of hydrogen-bond acceptors (Lipinski definition) is 3. The number of aliphatic carboxylic acids is 1. The number of carboxylic acid groups (broad SMARTS) is 1. The van der Waals surface area contributed by atoms with Crippen molar-refractivity contribution in [1.82, 2.24) is 0 Å². The lowest BCUT2D eigenvalue weighted by Crippen LogP contribution is -2.19. The van der Waals surface area contributed by atoms with Crippen molar-refractivity contribution in [1.29, 1.82) is 5.26 Å². The maximum Gasteiger partial charge on any atom is 0.323 e. The summed E-state index contributed by atoms with van der Waals surface area (Å²) in [7, 11) is -1.49. The molecule has 0 saturated carbocycles. The molecule has 0 fully saturated rings. The molecule has 0 bridgehead atoms. The molecular weight excluding hydrogens is 238 g/mol. The number of benzene rings is 1. The van der Waals surface area contributed by atoms with Gasteiger partial charge in [-0.05, 0) is 12.0 Å². The van der Waals surface area contributed by atoms with Crippen molar-refractivity contribution < 1.29 is 14.1 Å². The molecule has 0 aliphatic rings. The van der Waals surface area contributed by atoms with Gasteiger partial charge in [0.2, 0.25) is 0 Å². The zero-order valence-electron chi connectivity index (χ0n) is 9.20. The molecule has 1 aromatic rings. The molecule has 1 rings (SSSR count). The molecule has 0 spiro atoms. The van der Waals surface area contributed by atoms with Crippen molar-refractivity contribution in [2.45, 2.75) is 18.1 Å². The minimum atomic E-state index is -1.49. The van der Waals surface area contributed by atoms with Crippen molar-refractivity contribution in [3.63, 3.8) is 0 Å². The highest BCUT2D eigenvalue weighted by atomic mass is 32.2. The number of nitrogens with zero attached hydrogens (tertiary/aromatic N) is 1. The maximum absolute atomic E-state index is 11.9. The standard InChI is InChI=1S/C12H13NO3S/c13-8-4-5-9-17(16)11(12(14)15)10-6-2-1-3-7-10/h1-3,6-7,11H,4-5,9H2,(H,14,15). The van der Waals surface area contributed by atoms with Crippen LogP contribution in [0.5, 0.6) is 0 Å². The second-order valence-corrected chi connectivity index (χ2v) is 5.12. The lowest BCUT2D eigenvalue weighted by molar-refractivity contribution is -0.136. The average molecular weight is 251 g/mol. The van der Waals surface area contributed by atoms with Crippen LogP contribution in [0.3, 0.4) is 0 Å². The van der Waals surface area contributed by atoms with E-state index < -0.39 is 22.0 Å². The molecule has 5 heteroatoms. The van der Waals surface area contributed by atoms with E-state index in [2.05, 4.69) is 0 Å². The van der Waals surface area contributed by atoms with Crippen LogP contribution in [0, 0.1) is 11.3 Å². The molecular formula is C12H13NO3S. The van der Waals surface area contributed by atoms with Crippen LogP contribution < -0.4 is 0 Å². The van der Waals surface area contributed by atoms with Crippen molar-refractivity contribution >= 4 is 16.8 Å². The third-order valence-corrected chi connectivity index (χ3v) is 3.91. The van der Waals surface area contributed by atoms with E-state index in [0.29, 0.717) is 18.4 Å². The number of unbranched alkanes of at least 4 members (excludes halogenated alkanes) is 1. The quantitative estimate of drug-likeness (QED) is 0.783. The largest absolute Gasteiger partial charge is 0.480 e. The first-order chi connectivity index (χ1) is 8.16. The summed E-state index contributed by atoms with van der Waals surface area (Å²) in [4.78, 5) is 11.1. The van der Waals surface area contributed by atoms with E-state index in [0.717, 1.165) is 0 Å². The number of carboxylic acids is 1. The Morgan fingerprint density at radius 3 is 2.59 bits per heavy atom. The van der Waals surface area contributed by atoms with Gasteiger partial charge in [0.05, 0.1) is 6.07 Å². The fourth-order valence-electron chi connectivity index (χ4n) is 1.45. The number of nitriles is 1. The Balaban J connectivity index is 2.77. The predicted octanol–water partition coefficient (Wildman–Crippen LogP) is 1.86. The lowest BCUT2D eigenvalue weighted by Gasteiger charge is -2.11. The Bertz CT molecular complexity index is 439. The third-order valence-electron chi connectivity index (χ3n) is 2.22. The van der Waals surface area contributed by atoms with E-state index in [1.54, 1.807) is 30.3 Å². The highest BCUT2D eigenvalue weighted by Crippen LogP contribution is 2.20. The van der Waals surface area contributed by atoms with Gasteiger partial charge >= 0.3 is 5.97 Å².